The van der Waals surface area contributed by atoms with E-state index < -0.39 is 0 Å². The Bertz CT molecular complexity index is 888. The average molecular weight is 382 g/mol. The molecule has 1 saturated carbocycles. The summed E-state index contributed by atoms with van der Waals surface area (Å²) in [5, 5.41) is 7.85. The lowest BCUT2D eigenvalue weighted by Crippen LogP contribution is -2.36. The number of nitrogens with zero attached hydrogens (tertiary/aromatic N) is 4. The normalized spacial score (nSPS) is 29.6. The summed E-state index contributed by atoms with van der Waals surface area (Å²) in [7, 11) is 4.07. The van der Waals surface area contributed by atoms with E-state index in [9.17, 15) is 0 Å². The van der Waals surface area contributed by atoms with Gasteiger partial charge in [-0.1, -0.05) is 18.9 Å². The fourth-order valence-corrected chi connectivity index (χ4v) is 5.62. The highest BCUT2D eigenvalue weighted by molar-refractivity contribution is 7.81. The fraction of sp³-hybridized carbons (Fsp3) is 0.524. The molecular weight excluding hydrogens is 354 g/mol. The maximum Gasteiger partial charge on any atom is 0.142 e. The standard InChI is InChI=1S/C21H27N5S/c1-22-18-6-13-3-14(7-18)5-15(4-13)16-8-19-20(17-10-24-25(2)11-17)12-26(27)21(19)23-9-16/h4,8-11,13-14,18,20,22,27H,3,5-7,12H2,1-2H3. The molecule has 1 aliphatic heterocycles. The zero-order chi connectivity index (χ0) is 18.5. The summed E-state index contributed by atoms with van der Waals surface area (Å²) in [4.78, 5) is 4.79. The number of fused-ring (bicyclic) bond motifs is 3. The number of rotatable bonds is 3. The average Bonchev–Trinajstić information content (AvgIpc) is 3.24. The first kappa shape index (κ1) is 17.3. The molecule has 0 amide bonds. The van der Waals surface area contributed by atoms with E-state index in [2.05, 4.69) is 54.8 Å². The SMILES string of the molecule is CNC1CC2C=C(c3cnc4c(c3)C(c3cnn(C)c3)CN4S)CC(C2)C1. The van der Waals surface area contributed by atoms with Crippen LogP contribution in [0.4, 0.5) is 5.82 Å². The maximum atomic E-state index is 4.79. The van der Waals surface area contributed by atoms with Crippen molar-refractivity contribution in [1.29, 1.82) is 0 Å². The van der Waals surface area contributed by atoms with Crippen LogP contribution >= 0.6 is 12.8 Å². The van der Waals surface area contributed by atoms with Gasteiger partial charge in [-0.25, -0.2) is 4.98 Å². The van der Waals surface area contributed by atoms with E-state index in [1.54, 1.807) is 0 Å². The molecule has 0 radical (unpaired) electrons. The van der Waals surface area contributed by atoms with Crippen LogP contribution < -0.4 is 9.62 Å². The van der Waals surface area contributed by atoms with Crippen LogP contribution in [0.3, 0.4) is 0 Å². The zero-order valence-corrected chi connectivity index (χ0v) is 16.9. The first-order valence-corrected chi connectivity index (χ1v) is 10.3. The first-order chi connectivity index (χ1) is 13.1. The van der Waals surface area contributed by atoms with Crippen LogP contribution in [0, 0.1) is 11.8 Å². The van der Waals surface area contributed by atoms with Gasteiger partial charge in [-0.15, -0.1) is 0 Å². The summed E-state index contributed by atoms with van der Waals surface area (Å²) in [6, 6.07) is 3.04. The molecule has 5 rings (SSSR count). The zero-order valence-electron chi connectivity index (χ0n) is 16.0. The lowest BCUT2D eigenvalue weighted by molar-refractivity contribution is 0.244. The summed E-state index contributed by atoms with van der Waals surface area (Å²) < 4.78 is 3.84. The van der Waals surface area contributed by atoms with E-state index in [0.717, 1.165) is 18.3 Å². The van der Waals surface area contributed by atoms with Crippen LogP contribution in [0.25, 0.3) is 5.57 Å². The van der Waals surface area contributed by atoms with Gasteiger partial charge in [0.05, 0.1) is 6.20 Å². The molecule has 5 nitrogen and oxygen atoms in total. The molecule has 142 valence electrons. The minimum Gasteiger partial charge on any atom is -0.317 e. The summed E-state index contributed by atoms with van der Waals surface area (Å²) in [6.07, 6.45) is 13.7. The second-order valence-corrected chi connectivity index (χ2v) is 8.92. The monoisotopic (exact) mass is 381 g/mol. The lowest BCUT2D eigenvalue weighted by atomic mass is 9.70. The maximum absolute atomic E-state index is 4.79. The van der Waals surface area contributed by atoms with Crippen LogP contribution in [-0.2, 0) is 7.05 Å². The number of pyridine rings is 1. The molecule has 2 aromatic heterocycles. The first-order valence-electron chi connectivity index (χ1n) is 9.94. The van der Waals surface area contributed by atoms with E-state index in [4.69, 9.17) is 4.98 Å². The minimum atomic E-state index is 0.288. The van der Waals surface area contributed by atoms with Crippen molar-refractivity contribution in [3.8, 4) is 0 Å². The van der Waals surface area contributed by atoms with Gasteiger partial charge in [0.15, 0.2) is 0 Å². The Hall–Kier alpha value is -1.79. The van der Waals surface area contributed by atoms with E-state index in [1.807, 2.05) is 22.2 Å². The topological polar surface area (TPSA) is 46.0 Å². The smallest absolute Gasteiger partial charge is 0.142 e. The van der Waals surface area contributed by atoms with Crippen molar-refractivity contribution in [3.63, 3.8) is 0 Å². The Balaban J connectivity index is 1.48. The molecule has 4 unspecified atom stereocenters. The van der Waals surface area contributed by atoms with Gasteiger partial charge in [-0.3, -0.25) is 4.68 Å². The Morgan fingerprint density at radius 3 is 2.85 bits per heavy atom. The molecule has 0 aromatic carbocycles. The number of allylic oxidation sites excluding steroid dienone is 2. The molecule has 4 atom stereocenters. The summed E-state index contributed by atoms with van der Waals surface area (Å²) >= 11 is 4.64. The van der Waals surface area contributed by atoms with Gasteiger partial charge in [0.2, 0.25) is 0 Å². The second-order valence-electron chi connectivity index (χ2n) is 8.43. The van der Waals surface area contributed by atoms with Gasteiger partial charge in [0.1, 0.15) is 5.82 Å². The van der Waals surface area contributed by atoms with Gasteiger partial charge in [-0.05, 0) is 67.3 Å². The number of thiol groups is 1. The molecule has 2 aliphatic carbocycles. The van der Waals surface area contributed by atoms with Gasteiger partial charge in [0, 0.05) is 43.5 Å². The van der Waals surface area contributed by atoms with E-state index in [-0.39, 0.29) is 5.92 Å². The molecule has 1 N–H and O–H groups in total. The van der Waals surface area contributed by atoms with Crippen molar-refractivity contribution in [2.24, 2.45) is 18.9 Å². The van der Waals surface area contributed by atoms with E-state index in [0.29, 0.717) is 12.0 Å². The van der Waals surface area contributed by atoms with Crippen molar-refractivity contribution < 1.29 is 0 Å². The van der Waals surface area contributed by atoms with Crippen molar-refractivity contribution in [3.05, 3.63) is 47.4 Å². The fourth-order valence-electron chi connectivity index (χ4n) is 5.29. The molecule has 1 fully saturated rings. The van der Waals surface area contributed by atoms with Gasteiger partial charge >= 0.3 is 0 Å². The minimum absolute atomic E-state index is 0.288. The summed E-state index contributed by atoms with van der Waals surface area (Å²) in [5.74, 6) is 2.78. The van der Waals surface area contributed by atoms with Crippen LogP contribution in [0.5, 0.6) is 0 Å². The number of nitrogens with one attached hydrogen (secondary N) is 1. The molecular formula is C21H27N5S. The predicted molar refractivity (Wildman–Crippen MR) is 112 cm³/mol. The van der Waals surface area contributed by atoms with Crippen LogP contribution in [0.2, 0.25) is 0 Å². The van der Waals surface area contributed by atoms with Crippen molar-refractivity contribution >= 4 is 24.2 Å². The molecule has 0 spiro atoms. The van der Waals surface area contributed by atoms with Gasteiger partial charge in [-0.2, -0.15) is 5.10 Å². The summed E-state index contributed by atoms with van der Waals surface area (Å²) in [6.45, 7) is 0.842. The lowest BCUT2D eigenvalue weighted by Gasteiger charge is -2.38. The Labute approximate surface area is 166 Å². The van der Waals surface area contributed by atoms with Gasteiger partial charge in [0.25, 0.3) is 0 Å². The van der Waals surface area contributed by atoms with Crippen molar-refractivity contribution in [2.75, 3.05) is 17.9 Å². The van der Waals surface area contributed by atoms with Crippen LogP contribution in [0.1, 0.15) is 48.3 Å². The third-order valence-electron chi connectivity index (χ3n) is 6.56. The van der Waals surface area contributed by atoms with Crippen LogP contribution in [-0.4, -0.2) is 34.4 Å². The molecule has 2 aromatic rings. The molecule has 3 heterocycles. The number of aromatic nitrogens is 3. The highest BCUT2D eigenvalue weighted by Crippen LogP contribution is 2.45. The molecule has 6 heteroatoms. The predicted octanol–water partition coefficient (Wildman–Crippen LogP) is 3.40. The Morgan fingerprint density at radius 2 is 2.11 bits per heavy atom. The largest absolute Gasteiger partial charge is 0.317 e. The second kappa shape index (κ2) is 6.67. The molecule has 27 heavy (non-hydrogen) atoms. The Kier molecular flexibility index (Phi) is 4.28. The van der Waals surface area contributed by atoms with Crippen molar-refractivity contribution in [1.82, 2.24) is 20.1 Å². The number of hydrogen-bond donors (Lipinski definition) is 2. The van der Waals surface area contributed by atoms with E-state index >= 15 is 0 Å². The highest BCUT2D eigenvalue weighted by atomic mass is 32.1. The third kappa shape index (κ3) is 3.09. The number of aryl methyl sites for hydroxylation is 1. The summed E-state index contributed by atoms with van der Waals surface area (Å²) in [5.41, 5.74) is 5.30. The van der Waals surface area contributed by atoms with Gasteiger partial charge < -0.3 is 9.62 Å². The molecule has 3 aliphatic rings. The third-order valence-corrected chi connectivity index (χ3v) is 6.92. The molecule has 0 saturated heterocycles. The quantitative estimate of drug-likeness (QED) is 0.800. The van der Waals surface area contributed by atoms with Crippen molar-refractivity contribution in [2.45, 2.75) is 37.6 Å². The van der Waals surface area contributed by atoms with E-state index in [1.165, 1.54) is 47.9 Å². The molecule has 2 bridgehead atoms. The van der Waals surface area contributed by atoms with Crippen LogP contribution in [0.15, 0.2) is 30.7 Å². The Morgan fingerprint density at radius 1 is 1.22 bits per heavy atom. The highest BCUT2D eigenvalue weighted by Gasteiger charge is 2.34. The number of hydrogen-bond acceptors (Lipinski definition) is 5. The number of anilines is 1.